The van der Waals surface area contributed by atoms with Crippen LogP contribution >= 0.6 is 11.3 Å². The largest absolute Gasteiger partial charge is 0.369 e. The molecule has 0 aliphatic carbocycles. The second kappa shape index (κ2) is 6.26. The Hall–Kier alpha value is -2.21. The van der Waals surface area contributed by atoms with Crippen LogP contribution in [0.5, 0.6) is 0 Å². The Labute approximate surface area is 151 Å². The molecule has 1 aromatic carbocycles. The molecule has 25 heavy (non-hydrogen) atoms. The van der Waals surface area contributed by atoms with Crippen LogP contribution in [0.1, 0.15) is 60.3 Å². The number of hydrogen-bond acceptors (Lipinski definition) is 4. The lowest BCUT2D eigenvalue weighted by atomic mass is 9.85. The number of para-hydroxylation sites is 1. The van der Waals surface area contributed by atoms with Gasteiger partial charge in [-0.25, -0.2) is 4.98 Å². The van der Waals surface area contributed by atoms with E-state index in [1.165, 1.54) is 11.3 Å². The second-order valence-electron chi connectivity index (χ2n) is 7.55. The molecule has 0 bridgehead atoms. The highest BCUT2D eigenvalue weighted by Crippen LogP contribution is 2.39. The van der Waals surface area contributed by atoms with Crippen LogP contribution in [0.4, 0.5) is 5.69 Å². The fourth-order valence-corrected chi connectivity index (χ4v) is 4.14. The average molecular weight is 357 g/mol. The van der Waals surface area contributed by atoms with Crippen molar-refractivity contribution in [2.24, 2.45) is 5.73 Å². The smallest absolute Gasteiger partial charge is 0.270 e. The zero-order chi connectivity index (χ0) is 18.4. The summed E-state index contributed by atoms with van der Waals surface area (Å²) in [7, 11) is 0. The molecule has 2 heterocycles. The van der Waals surface area contributed by atoms with Gasteiger partial charge in [0.1, 0.15) is 4.88 Å². The van der Waals surface area contributed by atoms with Crippen LogP contribution in [0.3, 0.4) is 0 Å². The third kappa shape index (κ3) is 3.18. The summed E-state index contributed by atoms with van der Waals surface area (Å²) < 4.78 is 0. The number of carbonyl (C=O) groups excluding carboxylic acids is 2. The summed E-state index contributed by atoms with van der Waals surface area (Å²) in [4.78, 5) is 31.8. The van der Waals surface area contributed by atoms with E-state index >= 15 is 0 Å². The van der Waals surface area contributed by atoms with Crippen molar-refractivity contribution >= 4 is 28.8 Å². The Bertz CT molecular complexity index is 822. The third-order valence-corrected chi connectivity index (χ3v) is 5.92. The molecule has 5 nitrogen and oxygen atoms in total. The van der Waals surface area contributed by atoms with Crippen LogP contribution in [0.15, 0.2) is 30.5 Å². The normalized spacial score (nSPS) is 20.2. The number of amides is 2. The lowest BCUT2D eigenvalue weighted by molar-refractivity contribution is -0.119. The third-order valence-electron chi connectivity index (χ3n) is 4.51. The molecule has 0 fully saturated rings. The van der Waals surface area contributed by atoms with E-state index in [9.17, 15) is 9.59 Å². The van der Waals surface area contributed by atoms with Gasteiger partial charge in [-0.05, 0) is 25.0 Å². The molecule has 0 spiro atoms. The minimum atomic E-state index is -0.359. The molecular weight excluding hydrogens is 334 g/mol. The van der Waals surface area contributed by atoms with Crippen molar-refractivity contribution in [2.45, 2.75) is 51.5 Å². The number of carbonyl (C=O) groups is 2. The molecular formula is C19H23N3O2S. The maximum Gasteiger partial charge on any atom is 0.270 e. The standard InChI is InChI=1S/C19H23N3O2S/c1-11-9-13(16(20)23)12-7-5-6-8-14(12)22(11)17(24)15-10-21-18(25-15)19(2,3)4/h5-8,10-11,13H,9H2,1-4H3,(H2,20,23)/t11-,13+/m1/s1. The summed E-state index contributed by atoms with van der Waals surface area (Å²) in [6, 6.07) is 7.40. The first kappa shape index (κ1) is 17.6. The van der Waals surface area contributed by atoms with Gasteiger partial charge >= 0.3 is 0 Å². The van der Waals surface area contributed by atoms with Gasteiger partial charge in [0.15, 0.2) is 0 Å². The number of anilines is 1. The number of fused-ring (bicyclic) bond motifs is 1. The van der Waals surface area contributed by atoms with Gasteiger partial charge in [-0.3, -0.25) is 9.59 Å². The number of nitrogens with two attached hydrogens (primary N) is 1. The lowest BCUT2D eigenvalue weighted by Crippen LogP contribution is -2.45. The molecule has 2 atom stereocenters. The van der Waals surface area contributed by atoms with Gasteiger partial charge in [-0.2, -0.15) is 0 Å². The minimum absolute atomic E-state index is 0.0733. The molecule has 2 aromatic rings. The Morgan fingerprint density at radius 2 is 1.96 bits per heavy atom. The summed E-state index contributed by atoms with van der Waals surface area (Å²) in [6.07, 6.45) is 2.19. The summed E-state index contributed by atoms with van der Waals surface area (Å²) in [5.41, 5.74) is 7.07. The highest BCUT2D eigenvalue weighted by atomic mass is 32.1. The average Bonchev–Trinajstić information content (AvgIpc) is 3.03. The van der Waals surface area contributed by atoms with Gasteiger partial charge in [0.05, 0.1) is 17.1 Å². The van der Waals surface area contributed by atoms with Crippen LogP contribution in [0, 0.1) is 0 Å². The molecule has 0 radical (unpaired) electrons. The van der Waals surface area contributed by atoms with E-state index in [4.69, 9.17) is 5.73 Å². The van der Waals surface area contributed by atoms with Crippen LogP contribution in [-0.4, -0.2) is 22.8 Å². The molecule has 3 rings (SSSR count). The number of thiazole rings is 1. The minimum Gasteiger partial charge on any atom is -0.369 e. The van der Waals surface area contributed by atoms with Crippen molar-refractivity contribution in [2.75, 3.05) is 4.90 Å². The molecule has 0 saturated heterocycles. The van der Waals surface area contributed by atoms with Crippen LogP contribution < -0.4 is 10.6 Å². The SMILES string of the molecule is C[C@@H]1C[C@H](C(N)=O)c2ccccc2N1C(=O)c1cnc(C(C)(C)C)s1. The highest BCUT2D eigenvalue weighted by Gasteiger charge is 2.37. The first-order chi connectivity index (χ1) is 11.7. The van der Waals surface area contributed by atoms with E-state index in [1.54, 1.807) is 11.1 Å². The van der Waals surface area contributed by atoms with E-state index in [0.29, 0.717) is 11.3 Å². The summed E-state index contributed by atoms with van der Waals surface area (Å²) >= 11 is 1.43. The number of primary amides is 1. The maximum atomic E-state index is 13.2. The molecule has 1 aromatic heterocycles. The molecule has 0 unspecified atom stereocenters. The number of rotatable bonds is 2. The predicted octanol–water partition coefficient (Wildman–Crippen LogP) is 3.45. The molecule has 2 amide bonds. The van der Waals surface area contributed by atoms with Gasteiger partial charge in [0, 0.05) is 17.1 Å². The quantitative estimate of drug-likeness (QED) is 0.894. The predicted molar refractivity (Wildman–Crippen MR) is 100 cm³/mol. The van der Waals surface area contributed by atoms with Gasteiger partial charge in [0.25, 0.3) is 5.91 Å². The van der Waals surface area contributed by atoms with Gasteiger partial charge < -0.3 is 10.6 Å². The van der Waals surface area contributed by atoms with Crippen molar-refractivity contribution in [1.82, 2.24) is 4.98 Å². The van der Waals surface area contributed by atoms with Crippen molar-refractivity contribution in [3.8, 4) is 0 Å². The Morgan fingerprint density at radius 1 is 1.28 bits per heavy atom. The molecule has 1 aliphatic heterocycles. The number of nitrogens with zero attached hydrogens (tertiary/aromatic N) is 2. The second-order valence-corrected chi connectivity index (χ2v) is 8.58. The maximum absolute atomic E-state index is 13.2. The van der Waals surface area contributed by atoms with E-state index in [0.717, 1.165) is 16.3 Å². The summed E-state index contributed by atoms with van der Waals surface area (Å²) in [5, 5.41) is 0.934. The highest BCUT2D eigenvalue weighted by molar-refractivity contribution is 7.13. The fourth-order valence-electron chi connectivity index (χ4n) is 3.23. The molecule has 6 heteroatoms. The van der Waals surface area contributed by atoms with Crippen LogP contribution in [-0.2, 0) is 10.2 Å². The van der Waals surface area contributed by atoms with Crippen molar-refractivity contribution < 1.29 is 9.59 Å². The molecule has 0 saturated carbocycles. The topological polar surface area (TPSA) is 76.3 Å². The first-order valence-corrected chi connectivity index (χ1v) is 9.20. The van der Waals surface area contributed by atoms with Crippen LogP contribution in [0.2, 0.25) is 0 Å². The van der Waals surface area contributed by atoms with Crippen molar-refractivity contribution in [3.63, 3.8) is 0 Å². The van der Waals surface area contributed by atoms with Crippen molar-refractivity contribution in [3.05, 3.63) is 45.9 Å². The lowest BCUT2D eigenvalue weighted by Gasteiger charge is -2.38. The van der Waals surface area contributed by atoms with E-state index in [-0.39, 0.29) is 29.2 Å². The number of benzene rings is 1. The van der Waals surface area contributed by atoms with E-state index in [2.05, 4.69) is 25.8 Å². The van der Waals surface area contributed by atoms with Gasteiger partial charge in [-0.1, -0.05) is 39.0 Å². The summed E-state index contributed by atoms with van der Waals surface area (Å²) in [6.45, 7) is 8.19. The Balaban J connectivity index is 2.01. The van der Waals surface area contributed by atoms with Crippen molar-refractivity contribution in [1.29, 1.82) is 0 Å². The molecule has 132 valence electrons. The zero-order valence-corrected chi connectivity index (χ0v) is 15.8. The Morgan fingerprint density at radius 3 is 2.56 bits per heavy atom. The zero-order valence-electron chi connectivity index (χ0n) is 14.9. The van der Waals surface area contributed by atoms with E-state index in [1.807, 2.05) is 31.2 Å². The van der Waals surface area contributed by atoms with Crippen LogP contribution in [0.25, 0.3) is 0 Å². The fraction of sp³-hybridized carbons (Fsp3) is 0.421. The van der Waals surface area contributed by atoms with E-state index < -0.39 is 0 Å². The Kier molecular flexibility index (Phi) is 4.41. The van der Waals surface area contributed by atoms with Gasteiger partial charge in [0.2, 0.25) is 5.91 Å². The molecule has 2 N–H and O–H groups in total. The summed E-state index contributed by atoms with van der Waals surface area (Å²) in [5.74, 6) is -0.781. The van der Waals surface area contributed by atoms with Gasteiger partial charge in [-0.15, -0.1) is 11.3 Å². The number of aromatic nitrogens is 1. The number of hydrogen-bond donors (Lipinski definition) is 1. The first-order valence-electron chi connectivity index (χ1n) is 8.38. The molecule has 1 aliphatic rings. The monoisotopic (exact) mass is 357 g/mol.